The van der Waals surface area contributed by atoms with Crippen molar-refractivity contribution < 1.29 is 5.48 Å². The molecule has 1 nitrogen and oxygen atoms in total. The summed E-state index contributed by atoms with van der Waals surface area (Å²) in [7, 11) is 0. The Bertz CT molecular complexity index is 4.53. The van der Waals surface area contributed by atoms with Crippen molar-refractivity contribution in [1.82, 2.24) is 0 Å². The molecule has 0 rings (SSSR count). The van der Waals surface area contributed by atoms with Gasteiger partial charge in [-0.25, -0.2) is 0 Å². The van der Waals surface area contributed by atoms with E-state index in [1.807, 2.05) is 0 Å². The molecular formula is H34OSi8. The van der Waals surface area contributed by atoms with Crippen molar-refractivity contribution in [3.05, 3.63) is 0 Å². The maximum Gasteiger partial charge on any atom is -0.0149 e. The highest BCUT2D eigenvalue weighted by Crippen LogP contribution is -0.289. The quantitative estimate of drug-likeness (QED) is 0.393. The Hall–Kier alpha value is 1.70. The predicted octanol–water partition coefficient (Wildman–Crippen LogP) is -12.4. The van der Waals surface area contributed by atoms with Gasteiger partial charge in [-0.05, 0) is 87.7 Å². The number of hydrogen-bond donors (Lipinski definition) is 0. The van der Waals surface area contributed by atoms with Crippen LogP contribution in [0.3, 0.4) is 0 Å². The highest BCUT2D eigenvalue weighted by Gasteiger charge is -0.00783. The van der Waals surface area contributed by atoms with E-state index in [9.17, 15) is 0 Å². The van der Waals surface area contributed by atoms with Crippen LogP contribution in [0.1, 0.15) is 0 Å². The van der Waals surface area contributed by atoms with Crippen LogP contribution in [0.15, 0.2) is 0 Å². The highest BCUT2D eigenvalue weighted by molar-refractivity contribution is 5.76. The highest BCUT2D eigenvalue weighted by atomic mass is 28.1. The summed E-state index contributed by atoms with van der Waals surface area (Å²) in [5.74, 6) is 0. The summed E-state index contributed by atoms with van der Waals surface area (Å²) in [6.45, 7) is 0. The monoisotopic (exact) mass is 274 g/mol. The molecular weight excluding hydrogens is 241 g/mol. The van der Waals surface area contributed by atoms with Crippen LogP contribution in [0, 0.1) is 0 Å². The van der Waals surface area contributed by atoms with Crippen molar-refractivity contribution in [2.24, 2.45) is 0 Å². The lowest BCUT2D eigenvalue weighted by molar-refractivity contribution is 0.824. The first-order valence-corrected chi connectivity index (χ1v) is 0. The molecule has 9 heteroatoms. The van der Waals surface area contributed by atoms with Crippen LogP contribution < -0.4 is 0 Å². The van der Waals surface area contributed by atoms with Gasteiger partial charge in [0.1, 0.15) is 0 Å². The minimum absolute atomic E-state index is 0. The van der Waals surface area contributed by atoms with Gasteiger partial charge in [0, 0.05) is 0 Å². The predicted molar refractivity (Wildman–Crippen MR) is 94.3 cm³/mol. The van der Waals surface area contributed by atoms with Gasteiger partial charge in [0.15, 0.2) is 0 Å². The first-order valence-electron chi connectivity index (χ1n) is 0. The zero-order valence-electron chi connectivity index (χ0n) is 0.500. The van der Waals surface area contributed by atoms with Crippen LogP contribution in [0.5, 0.6) is 0 Å². The van der Waals surface area contributed by atoms with Crippen molar-refractivity contribution in [3.63, 3.8) is 0 Å². The van der Waals surface area contributed by atoms with Gasteiger partial charge in [-0.2, -0.15) is 0 Å². The number of rotatable bonds is 0. The molecule has 0 aromatic carbocycles. The molecule has 0 fully saturated rings. The third-order valence-corrected chi connectivity index (χ3v) is 0. The summed E-state index contributed by atoms with van der Waals surface area (Å²) in [4.78, 5) is 0. The van der Waals surface area contributed by atoms with Crippen molar-refractivity contribution in [2.45, 2.75) is 0 Å². The molecule has 0 amide bonds. The third kappa shape index (κ3) is 200. The van der Waals surface area contributed by atoms with E-state index >= 15 is 0 Å². The Labute approximate surface area is 93.0 Å². The molecule has 0 radical (unpaired) electrons. The minimum Gasteiger partial charge on any atom is -0.412 e. The first kappa shape index (κ1) is 350. The summed E-state index contributed by atoms with van der Waals surface area (Å²) in [6.07, 6.45) is 0. The van der Waals surface area contributed by atoms with E-state index in [1.54, 1.807) is 0 Å². The average molecular weight is 275 g/mol. The summed E-state index contributed by atoms with van der Waals surface area (Å²) in [5, 5.41) is 0. The molecule has 0 heterocycles. The standard InChI is InChI=1S/H2O.8H4Si/h1H2;8*1H4. The summed E-state index contributed by atoms with van der Waals surface area (Å²) >= 11 is 0. The van der Waals surface area contributed by atoms with Crippen molar-refractivity contribution in [2.75, 3.05) is 0 Å². The SMILES string of the molecule is O.[SiH4].[SiH4].[SiH4].[SiH4].[SiH4].[SiH4].[SiH4].[SiH4]. The first-order chi connectivity index (χ1) is 0. The van der Waals surface area contributed by atoms with Gasteiger partial charge in [-0.15, -0.1) is 0 Å². The molecule has 0 unspecified atom stereocenters. The largest absolute Gasteiger partial charge is 0.412 e. The topological polar surface area (TPSA) is 31.5 Å². The van der Waals surface area contributed by atoms with Crippen LogP contribution in [-0.2, 0) is 0 Å². The van der Waals surface area contributed by atoms with E-state index in [2.05, 4.69) is 0 Å². The summed E-state index contributed by atoms with van der Waals surface area (Å²) in [5.41, 5.74) is 0. The van der Waals surface area contributed by atoms with Gasteiger partial charge in [0.05, 0.1) is 0 Å². The van der Waals surface area contributed by atoms with Crippen molar-refractivity contribution >= 4 is 87.7 Å². The van der Waals surface area contributed by atoms with Gasteiger partial charge in [0.25, 0.3) is 0 Å². The molecule has 0 aliphatic carbocycles. The Morgan fingerprint density at radius 3 is 0.222 bits per heavy atom. The molecule has 0 saturated carbocycles. The fourth-order valence-electron chi connectivity index (χ4n) is 0. The molecule has 2 N–H and O–H groups in total. The second kappa shape index (κ2) is 255. The fraction of sp³-hybridized carbons (Fsp3) is 0. The minimum atomic E-state index is 0. The van der Waals surface area contributed by atoms with Crippen LogP contribution >= 0.6 is 0 Å². The normalized spacial score (nSPS) is 0. The second-order valence-electron chi connectivity index (χ2n) is 0. The average Bonchev–Trinajstić information content (AvgIpc) is 0. The Morgan fingerprint density at radius 1 is 0.222 bits per heavy atom. The van der Waals surface area contributed by atoms with Gasteiger partial charge >= 0.3 is 0 Å². The van der Waals surface area contributed by atoms with Gasteiger partial charge < -0.3 is 5.48 Å². The van der Waals surface area contributed by atoms with E-state index in [1.165, 1.54) is 0 Å². The number of hydrogen-bond acceptors (Lipinski definition) is 0. The zero-order chi connectivity index (χ0) is 0. The molecule has 0 bridgehead atoms. The molecule has 0 saturated heterocycles. The molecule has 0 spiro atoms. The van der Waals surface area contributed by atoms with E-state index < -0.39 is 0 Å². The molecule has 0 aromatic heterocycles. The molecule has 0 aliphatic heterocycles. The lowest BCUT2D eigenvalue weighted by atomic mass is 16.0. The van der Waals surface area contributed by atoms with E-state index in [0.29, 0.717) is 0 Å². The molecule has 0 aliphatic rings. The van der Waals surface area contributed by atoms with Crippen LogP contribution in [0.4, 0.5) is 0 Å². The zero-order valence-corrected chi connectivity index (χ0v) is 0.500. The summed E-state index contributed by atoms with van der Waals surface area (Å²) in [6, 6.07) is 0. The lowest BCUT2D eigenvalue weighted by Crippen LogP contribution is -0.382. The third-order valence-electron chi connectivity index (χ3n) is 0. The Morgan fingerprint density at radius 2 is 0.222 bits per heavy atom. The smallest absolute Gasteiger partial charge is 0.0149 e. The van der Waals surface area contributed by atoms with E-state index in [0.717, 1.165) is 0 Å². The van der Waals surface area contributed by atoms with Gasteiger partial charge in [0.2, 0.25) is 0 Å². The second-order valence-corrected chi connectivity index (χ2v) is 0. The van der Waals surface area contributed by atoms with Gasteiger partial charge in [-0.1, -0.05) is 0 Å². The van der Waals surface area contributed by atoms with E-state index in [-0.39, 0.29) is 93.2 Å². The fourth-order valence-corrected chi connectivity index (χ4v) is 0. The molecule has 72 valence electrons. The van der Waals surface area contributed by atoms with Crippen molar-refractivity contribution in [1.29, 1.82) is 0 Å². The molecule has 9 heavy (non-hydrogen) atoms. The Kier molecular flexibility index (Phi) is 9920. The maximum atomic E-state index is 0. The van der Waals surface area contributed by atoms with E-state index in [4.69, 9.17) is 0 Å². The maximum absolute atomic E-state index is 0. The van der Waals surface area contributed by atoms with Crippen LogP contribution in [-0.4, -0.2) is 93.2 Å². The van der Waals surface area contributed by atoms with Crippen LogP contribution in [0.2, 0.25) is 0 Å². The Balaban J connectivity index is 0. The molecule has 0 atom stereocenters. The molecule has 0 aromatic rings. The lowest BCUT2D eigenvalue weighted by Gasteiger charge is -0.412. The summed E-state index contributed by atoms with van der Waals surface area (Å²) < 4.78 is 0. The van der Waals surface area contributed by atoms with Crippen LogP contribution in [0.25, 0.3) is 0 Å². The van der Waals surface area contributed by atoms with Crippen molar-refractivity contribution in [3.8, 4) is 0 Å². The van der Waals surface area contributed by atoms with Gasteiger partial charge in [-0.3, -0.25) is 0 Å².